The standard InChI is InChI=1S/C10H19N3O/c1-7(2)8(3)11-6-5-10-12-9(4)13-14-10/h7-8,11H,5-6H2,1-4H3. The third kappa shape index (κ3) is 3.46. The van der Waals surface area contributed by atoms with E-state index in [9.17, 15) is 0 Å². The van der Waals surface area contributed by atoms with Crippen LogP contribution in [0.2, 0.25) is 0 Å². The predicted molar refractivity (Wildman–Crippen MR) is 55.0 cm³/mol. The number of hydrogen-bond acceptors (Lipinski definition) is 4. The topological polar surface area (TPSA) is 51.0 Å². The van der Waals surface area contributed by atoms with E-state index < -0.39 is 0 Å². The lowest BCUT2D eigenvalue weighted by atomic mass is 10.1. The van der Waals surface area contributed by atoms with Gasteiger partial charge >= 0.3 is 0 Å². The summed E-state index contributed by atoms with van der Waals surface area (Å²) in [5.41, 5.74) is 0. The molecule has 0 spiro atoms. The highest BCUT2D eigenvalue weighted by molar-refractivity contribution is 4.83. The van der Waals surface area contributed by atoms with Gasteiger partial charge in [0.05, 0.1) is 0 Å². The van der Waals surface area contributed by atoms with Crippen molar-refractivity contribution < 1.29 is 4.52 Å². The van der Waals surface area contributed by atoms with Crippen molar-refractivity contribution >= 4 is 0 Å². The second-order valence-corrected chi connectivity index (χ2v) is 3.97. The lowest BCUT2D eigenvalue weighted by Crippen LogP contribution is -2.32. The van der Waals surface area contributed by atoms with Gasteiger partial charge in [0.1, 0.15) is 0 Å². The molecule has 0 fully saturated rings. The number of rotatable bonds is 5. The van der Waals surface area contributed by atoms with E-state index in [1.54, 1.807) is 0 Å². The molecular weight excluding hydrogens is 178 g/mol. The van der Waals surface area contributed by atoms with Crippen molar-refractivity contribution in [1.29, 1.82) is 0 Å². The fourth-order valence-electron chi connectivity index (χ4n) is 1.08. The molecule has 0 saturated carbocycles. The number of aromatic nitrogens is 2. The van der Waals surface area contributed by atoms with E-state index in [4.69, 9.17) is 4.52 Å². The average molecular weight is 197 g/mol. The fourth-order valence-corrected chi connectivity index (χ4v) is 1.08. The summed E-state index contributed by atoms with van der Waals surface area (Å²) in [6, 6.07) is 0.527. The molecule has 0 amide bonds. The first-order valence-electron chi connectivity index (χ1n) is 5.12. The van der Waals surface area contributed by atoms with Gasteiger partial charge in [-0.1, -0.05) is 19.0 Å². The molecule has 1 rings (SSSR count). The first kappa shape index (κ1) is 11.2. The smallest absolute Gasteiger partial charge is 0.227 e. The highest BCUT2D eigenvalue weighted by atomic mass is 16.5. The van der Waals surface area contributed by atoms with Crippen molar-refractivity contribution in [3.05, 3.63) is 11.7 Å². The normalized spacial score (nSPS) is 13.5. The summed E-state index contributed by atoms with van der Waals surface area (Å²) in [4.78, 5) is 4.13. The van der Waals surface area contributed by atoms with Gasteiger partial charge in [-0.3, -0.25) is 0 Å². The molecular formula is C10H19N3O. The molecule has 1 aromatic rings. The second-order valence-electron chi connectivity index (χ2n) is 3.97. The Morgan fingerprint density at radius 3 is 2.57 bits per heavy atom. The van der Waals surface area contributed by atoms with E-state index >= 15 is 0 Å². The average Bonchev–Trinajstić information content (AvgIpc) is 2.51. The van der Waals surface area contributed by atoms with Gasteiger partial charge in [-0.05, 0) is 19.8 Å². The molecule has 4 heteroatoms. The first-order chi connectivity index (χ1) is 6.59. The molecule has 1 heterocycles. The second kappa shape index (κ2) is 5.10. The van der Waals surface area contributed by atoms with Crippen LogP contribution >= 0.6 is 0 Å². The van der Waals surface area contributed by atoms with Gasteiger partial charge < -0.3 is 9.84 Å². The van der Waals surface area contributed by atoms with Gasteiger partial charge in [0.25, 0.3) is 0 Å². The molecule has 14 heavy (non-hydrogen) atoms. The monoisotopic (exact) mass is 197 g/mol. The van der Waals surface area contributed by atoms with Gasteiger partial charge in [-0.15, -0.1) is 0 Å². The van der Waals surface area contributed by atoms with E-state index in [1.807, 2.05) is 6.92 Å². The van der Waals surface area contributed by atoms with E-state index in [0.29, 0.717) is 23.7 Å². The zero-order valence-corrected chi connectivity index (χ0v) is 9.37. The molecule has 4 nitrogen and oxygen atoms in total. The molecule has 0 aliphatic carbocycles. The molecule has 0 radical (unpaired) electrons. The van der Waals surface area contributed by atoms with Crippen LogP contribution in [-0.2, 0) is 6.42 Å². The van der Waals surface area contributed by atoms with E-state index in [-0.39, 0.29) is 0 Å². The molecule has 1 atom stereocenters. The van der Waals surface area contributed by atoms with Crippen LogP contribution in [-0.4, -0.2) is 22.7 Å². The largest absolute Gasteiger partial charge is 0.339 e. The molecule has 80 valence electrons. The van der Waals surface area contributed by atoms with Gasteiger partial charge in [0.2, 0.25) is 5.89 Å². The molecule has 1 aromatic heterocycles. The van der Waals surface area contributed by atoms with Crippen molar-refractivity contribution in [2.24, 2.45) is 5.92 Å². The van der Waals surface area contributed by atoms with Crippen LogP contribution in [0.25, 0.3) is 0 Å². The molecule has 0 bridgehead atoms. The Bertz CT molecular complexity index is 270. The maximum atomic E-state index is 5.01. The van der Waals surface area contributed by atoms with Crippen LogP contribution in [0.5, 0.6) is 0 Å². The number of nitrogens with one attached hydrogen (secondary N) is 1. The Labute approximate surface area is 85.1 Å². The third-order valence-electron chi connectivity index (χ3n) is 2.37. The Morgan fingerprint density at radius 1 is 1.36 bits per heavy atom. The summed E-state index contributed by atoms with van der Waals surface area (Å²) in [7, 11) is 0. The van der Waals surface area contributed by atoms with Gasteiger partial charge in [0.15, 0.2) is 5.82 Å². The van der Waals surface area contributed by atoms with Crippen LogP contribution in [0, 0.1) is 12.8 Å². The van der Waals surface area contributed by atoms with Crippen LogP contribution in [0.1, 0.15) is 32.5 Å². The van der Waals surface area contributed by atoms with E-state index in [0.717, 1.165) is 13.0 Å². The van der Waals surface area contributed by atoms with Crippen molar-refractivity contribution in [2.75, 3.05) is 6.54 Å². The van der Waals surface area contributed by atoms with E-state index in [2.05, 4.69) is 36.2 Å². The highest BCUT2D eigenvalue weighted by Gasteiger charge is 2.07. The molecule has 0 saturated heterocycles. The molecule has 0 aliphatic heterocycles. The summed E-state index contributed by atoms with van der Waals surface area (Å²) in [5.74, 6) is 2.07. The lowest BCUT2D eigenvalue weighted by Gasteiger charge is -2.16. The lowest BCUT2D eigenvalue weighted by molar-refractivity contribution is 0.362. The summed E-state index contributed by atoms with van der Waals surface area (Å²) < 4.78 is 5.01. The summed E-state index contributed by atoms with van der Waals surface area (Å²) in [6.45, 7) is 9.31. The van der Waals surface area contributed by atoms with Gasteiger partial charge in [-0.25, -0.2) is 0 Å². The Morgan fingerprint density at radius 2 is 2.07 bits per heavy atom. The highest BCUT2D eigenvalue weighted by Crippen LogP contribution is 2.00. The zero-order valence-electron chi connectivity index (χ0n) is 9.37. The third-order valence-corrected chi connectivity index (χ3v) is 2.37. The van der Waals surface area contributed by atoms with Crippen LogP contribution < -0.4 is 5.32 Å². The van der Waals surface area contributed by atoms with Crippen molar-refractivity contribution in [3.63, 3.8) is 0 Å². The minimum absolute atomic E-state index is 0.527. The maximum Gasteiger partial charge on any atom is 0.227 e. The summed E-state index contributed by atoms with van der Waals surface area (Å²) in [5, 5.41) is 7.15. The summed E-state index contributed by atoms with van der Waals surface area (Å²) >= 11 is 0. The van der Waals surface area contributed by atoms with Crippen LogP contribution in [0.15, 0.2) is 4.52 Å². The molecule has 1 unspecified atom stereocenters. The van der Waals surface area contributed by atoms with Crippen molar-refractivity contribution in [1.82, 2.24) is 15.5 Å². The quantitative estimate of drug-likeness (QED) is 0.778. The van der Waals surface area contributed by atoms with Crippen molar-refractivity contribution in [3.8, 4) is 0 Å². The fraction of sp³-hybridized carbons (Fsp3) is 0.800. The minimum Gasteiger partial charge on any atom is -0.339 e. The Balaban J connectivity index is 2.22. The van der Waals surface area contributed by atoms with Gasteiger partial charge in [-0.2, -0.15) is 4.98 Å². The number of nitrogens with zero attached hydrogens (tertiary/aromatic N) is 2. The molecule has 0 aromatic carbocycles. The molecule has 0 aliphatic rings. The predicted octanol–water partition coefficient (Wildman–Crippen LogP) is 1.55. The van der Waals surface area contributed by atoms with Gasteiger partial charge in [0, 0.05) is 19.0 Å². The maximum absolute atomic E-state index is 5.01. The minimum atomic E-state index is 0.527. The van der Waals surface area contributed by atoms with Crippen LogP contribution in [0.4, 0.5) is 0 Å². The summed E-state index contributed by atoms with van der Waals surface area (Å²) in [6.07, 6.45) is 0.803. The van der Waals surface area contributed by atoms with E-state index in [1.165, 1.54) is 0 Å². The molecule has 1 N–H and O–H groups in total. The number of aryl methyl sites for hydroxylation is 1. The van der Waals surface area contributed by atoms with Crippen LogP contribution in [0.3, 0.4) is 0 Å². The number of hydrogen-bond donors (Lipinski definition) is 1. The van der Waals surface area contributed by atoms with Crippen molar-refractivity contribution in [2.45, 2.75) is 40.2 Å². The first-order valence-corrected chi connectivity index (χ1v) is 5.12. The SMILES string of the molecule is Cc1noc(CCNC(C)C(C)C)n1. The zero-order chi connectivity index (χ0) is 10.6. The Hall–Kier alpha value is -0.900. The Kier molecular flexibility index (Phi) is 4.07.